The molecule has 1 atom stereocenters. The van der Waals surface area contributed by atoms with Crippen molar-refractivity contribution in [3.05, 3.63) is 29.8 Å². The van der Waals surface area contributed by atoms with Gasteiger partial charge in [0.05, 0.1) is 0 Å². The predicted octanol–water partition coefficient (Wildman–Crippen LogP) is 3.57. The highest BCUT2D eigenvalue weighted by Gasteiger charge is 2.21. The minimum absolute atomic E-state index is 0.704. The second kappa shape index (κ2) is 4.35. The summed E-state index contributed by atoms with van der Waals surface area (Å²) in [6.07, 6.45) is 2.66. The molecule has 2 rings (SSSR count). The Morgan fingerprint density at radius 1 is 1.43 bits per heavy atom. The molecule has 1 aromatic rings. The van der Waals surface area contributed by atoms with Crippen molar-refractivity contribution in [2.24, 2.45) is 0 Å². The number of alkyl halides is 1. The fourth-order valence-corrected chi connectivity index (χ4v) is 2.67. The van der Waals surface area contributed by atoms with Crippen molar-refractivity contribution in [2.75, 3.05) is 11.4 Å². The number of benzene rings is 1. The van der Waals surface area contributed by atoms with E-state index in [1.165, 1.54) is 30.6 Å². The molecule has 1 unspecified atom stereocenters. The molecule has 0 N–H and O–H groups in total. The van der Waals surface area contributed by atoms with Crippen LogP contribution < -0.4 is 4.90 Å². The molecule has 1 aromatic carbocycles. The van der Waals surface area contributed by atoms with Gasteiger partial charge in [-0.3, -0.25) is 0 Å². The number of nitrogens with zero attached hydrogens (tertiary/aromatic N) is 1. The molecule has 1 aliphatic rings. The number of halogens is 1. The molecule has 0 amide bonds. The lowest BCUT2D eigenvalue weighted by atomic mass is 10.1. The molecule has 1 aliphatic heterocycles. The van der Waals surface area contributed by atoms with Crippen molar-refractivity contribution in [1.29, 1.82) is 0 Å². The molecule has 0 saturated carbocycles. The van der Waals surface area contributed by atoms with Crippen LogP contribution in [0.25, 0.3) is 0 Å². The van der Waals surface area contributed by atoms with Crippen LogP contribution in [0.3, 0.4) is 0 Å². The van der Waals surface area contributed by atoms with Gasteiger partial charge in [0.15, 0.2) is 0 Å². The van der Waals surface area contributed by atoms with Crippen molar-refractivity contribution < 1.29 is 0 Å². The monoisotopic (exact) mass is 253 g/mol. The Kier molecular flexibility index (Phi) is 3.12. The molecule has 0 aromatic heterocycles. The van der Waals surface area contributed by atoms with Crippen LogP contribution >= 0.6 is 15.9 Å². The second-order valence-electron chi connectivity index (χ2n) is 3.95. The van der Waals surface area contributed by atoms with E-state index in [0.717, 1.165) is 5.33 Å². The SMILES string of the molecule is CC1CCCN1c1ccccc1CBr. The van der Waals surface area contributed by atoms with Gasteiger partial charge in [-0.05, 0) is 31.4 Å². The van der Waals surface area contributed by atoms with Crippen LogP contribution in [0.2, 0.25) is 0 Å². The van der Waals surface area contributed by atoms with Crippen LogP contribution in [0.4, 0.5) is 5.69 Å². The Hall–Kier alpha value is -0.500. The molecular formula is C12H16BrN. The second-order valence-corrected chi connectivity index (χ2v) is 4.51. The summed E-state index contributed by atoms with van der Waals surface area (Å²) in [6.45, 7) is 3.53. The number of hydrogen-bond acceptors (Lipinski definition) is 1. The normalized spacial score (nSPS) is 21.6. The summed E-state index contributed by atoms with van der Waals surface area (Å²) in [5.74, 6) is 0. The van der Waals surface area contributed by atoms with Crippen LogP contribution in [-0.2, 0) is 5.33 Å². The first-order valence-corrected chi connectivity index (χ1v) is 6.35. The lowest BCUT2D eigenvalue weighted by molar-refractivity contribution is 0.733. The molecule has 1 saturated heterocycles. The quantitative estimate of drug-likeness (QED) is 0.729. The van der Waals surface area contributed by atoms with E-state index in [0.29, 0.717) is 6.04 Å². The van der Waals surface area contributed by atoms with E-state index >= 15 is 0 Å². The van der Waals surface area contributed by atoms with Crippen molar-refractivity contribution >= 4 is 21.6 Å². The number of rotatable bonds is 2. The maximum absolute atomic E-state index is 3.55. The third-order valence-corrected chi connectivity index (χ3v) is 3.60. The zero-order valence-corrected chi connectivity index (χ0v) is 10.1. The molecule has 0 bridgehead atoms. The van der Waals surface area contributed by atoms with Gasteiger partial charge in [-0.15, -0.1) is 0 Å². The van der Waals surface area contributed by atoms with Crippen LogP contribution in [-0.4, -0.2) is 12.6 Å². The van der Waals surface area contributed by atoms with Crippen molar-refractivity contribution in [3.8, 4) is 0 Å². The highest BCUT2D eigenvalue weighted by molar-refractivity contribution is 9.08. The largest absolute Gasteiger partial charge is 0.369 e. The van der Waals surface area contributed by atoms with Gasteiger partial charge >= 0.3 is 0 Å². The van der Waals surface area contributed by atoms with E-state index in [1.807, 2.05) is 0 Å². The predicted molar refractivity (Wildman–Crippen MR) is 65.1 cm³/mol. The van der Waals surface area contributed by atoms with Gasteiger partial charge in [-0.1, -0.05) is 34.1 Å². The average molecular weight is 254 g/mol. The van der Waals surface area contributed by atoms with Crippen molar-refractivity contribution in [1.82, 2.24) is 0 Å². The Morgan fingerprint density at radius 3 is 2.86 bits per heavy atom. The number of anilines is 1. The Labute approximate surface area is 94.2 Å². The van der Waals surface area contributed by atoms with Crippen LogP contribution in [0.1, 0.15) is 25.3 Å². The van der Waals surface area contributed by atoms with E-state index in [4.69, 9.17) is 0 Å². The summed E-state index contributed by atoms with van der Waals surface area (Å²) in [5.41, 5.74) is 2.82. The first kappa shape index (κ1) is 10.0. The lowest BCUT2D eigenvalue weighted by Crippen LogP contribution is -2.27. The molecule has 2 heteroatoms. The van der Waals surface area contributed by atoms with Crippen molar-refractivity contribution in [2.45, 2.75) is 31.1 Å². The molecule has 1 heterocycles. The summed E-state index contributed by atoms with van der Waals surface area (Å²) >= 11 is 3.55. The van der Waals surface area contributed by atoms with Gasteiger partial charge in [0.1, 0.15) is 0 Å². The molecule has 0 spiro atoms. The summed E-state index contributed by atoms with van der Waals surface area (Å²) in [4.78, 5) is 2.52. The van der Waals surface area contributed by atoms with E-state index in [9.17, 15) is 0 Å². The van der Waals surface area contributed by atoms with Gasteiger partial charge in [0, 0.05) is 23.6 Å². The van der Waals surface area contributed by atoms with Gasteiger partial charge in [0.2, 0.25) is 0 Å². The van der Waals surface area contributed by atoms with Crippen molar-refractivity contribution in [3.63, 3.8) is 0 Å². The fraction of sp³-hybridized carbons (Fsp3) is 0.500. The van der Waals surface area contributed by atoms with E-state index < -0.39 is 0 Å². The Balaban J connectivity index is 2.30. The smallest absolute Gasteiger partial charge is 0.0409 e. The lowest BCUT2D eigenvalue weighted by Gasteiger charge is -2.25. The fourth-order valence-electron chi connectivity index (χ4n) is 2.20. The molecule has 1 fully saturated rings. The van der Waals surface area contributed by atoms with Gasteiger partial charge in [-0.2, -0.15) is 0 Å². The van der Waals surface area contributed by atoms with Crippen LogP contribution in [0.15, 0.2) is 24.3 Å². The molecule has 0 radical (unpaired) electrons. The Bertz CT molecular complexity index is 311. The van der Waals surface area contributed by atoms with Gasteiger partial charge in [-0.25, -0.2) is 0 Å². The molecular weight excluding hydrogens is 238 g/mol. The minimum atomic E-state index is 0.704. The van der Waals surface area contributed by atoms with Crippen LogP contribution in [0, 0.1) is 0 Å². The first-order valence-electron chi connectivity index (χ1n) is 5.23. The van der Waals surface area contributed by atoms with E-state index in [1.54, 1.807) is 0 Å². The average Bonchev–Trinajstić information content (AvgIpc) is 2.64. The van der Waals surface area contributed by atoms with E-state index in [-0.39, 0.29) is 0 Å². The highest BCUT2D eigenvalue weighted by atomic mass is 79.9. The Morgan fingerprint density at radius 2 is 2.21 bits per heavy atom. The number of para-hydroxylation sites is 1. The van der Waals surface area contributed by atoms with Crippen LogP contribution in [0.5, 0.6) is 0 Å². The minimum Gasteiger partial charge on any atom is -0.369 e. The topological polar surface area (TPSA) is 3.24 Å². The first-order chi connectivity index (χ1) is 6.83. The number of hydrogen-bond donors (Lipinski definition) is 0. The zero-order chi connectivity index (χ0) is 9.97. The summed E-state index contributed by atoms with van der Waals surface area (Å²) in [6, 6.07) is 9.39. The maximum Gasteiger partial charge on any atom is 0.0409 e. The van der Waals surface area contributed by atoms with E-state index in [2.05, 4.69) is 52.0 Å². The summed E-state index contributed by atoms with van der Waals surface area (Å²) in [5, 5.41) is 0.951. The molecule has 1 nitrogen and oxygen atoms in total. The third kappa shape index (κ3) is 1.81. The zero-order valence-electron chi connectivity index (χ0n) is 8.54. The molecule has 76 valence electrons. The van der Waals surface area contributed by atoms with Gasteiger partial charge < -0.3 is 4.90 Å². The summed E-state index contributed by atoms with van der Waals surface area (Å²) in [7, 11) is 0. The third-order valence-electron chi connectivity index (χ3n) is 3.00. The summed E-state index contributed by atoms with van der Waals surface area (Å²) < 4.78 is 0. The molecule has 0 aliphatic carbocycles. The maximum atomic E-state index is 3.55. The molecule has 14 heavy (non-hydrogen) atoms. The van der Waals surface area contributed by atoms with Gasteiger partial charge in [0.25, 0.3) is 0 Å². The standard InChI is InChI=1S/C12H16BrN/c1-10-5-4-8-14(10)12-7-3-2-6-11(12)9-13/h2-3,6-7,10H,4-5,8-9H2,1H3. The highest BCUT2D eigenvalue weighted by Crippen LogP contribution is 2.29.